The molecule has 0 aliphatic heterocycles. The summed E-state index contributed by atoms with van der Waals surface area (Å²) in [6.07, 6.45) is 1.38. The number of halogens is 3. The lowest BCUT2D eigenvalue weighted by atomic mass is 9.60. The summed E-state index contributed by atoms with van der Waals surface area (Å²) >= 11 is 0. The Morgan fingerprint density at radius 2 is 1.44 bits per heavy atom. The maximum Gasteiger partial charge on any atom is 0.258 e. The monoisotopic (exact) mass is 478 g/mol. The number of hydrogen-bond donors (Lipinski definition) is 3. The van der Waals surface area contributed by atoms with Gasteiger partial charge in [0.1, 0.15) is 17.3 Å². The van der Waals surface area contributed by atoms with Crippen LogP contribution in [0.3, 0.4) is 0 Å². The topological polar surface area (TPSA) is 96.9 Å². The molecule has 2 amide bonds. The molecule has 0 heterocycles. The molecule has 2 aromatic carbocycles. The average Bonchev–Trinajstić information content (AvgIpc) is 2.81. The Balaban J connectivity index is 1.27. The maximum atomic E-state index is 13.3. The Morgan fingerprint density at radius 3 is 2.06 bits per heavy atom. The highest BCUT2D eigenvalue weighted by Crippen LogP contribution is 2.47. The Hall–Kier alpha value is -3.27. The molecule has 0 spiro atoms. The van der Waals surface area contributed by atoms with Crippen molar-refractivity contribution in [1.82, 2.24) is 10.6 Å². The van der Waals surface area contributed by atoms with Crippen molar-refractivity contribution in [3.63, 3.8) is 0 Å². The minimum Gasteiger partial charge on any atom is -0.484 e. The SMILES string of the molecule is O=C(COc1ccc(F)cc1)NC12CCC(NC(=O)COc3ccc(F)c(F)c3)(CC1)[C@@H](O)C2. The molecule has 2 aromatic rings. The minimum atomic E-state index is -1.08. The molecule has 3 fully saturated rings. The van der Waals surface area contributed by atoms with Crippen LogP contribution < -0.4 is 20.1 Å². The first-order valence-electron chi connectivity index (χ1n) is 11.0. The van der Waals surface area contributed by atoms with Crippen molar-refractivity contribution in [2.45, 2.75) is 49.3 Å². The fourth-order valence-electron chi connectivity index (χ4n) is 4.70. The zero-order chi connectivity index (χ0) is 24.3. The molecule has 0 unspecified atom stereocenters. The third kappa shape index (κ3) is 5.27. The van der Waals surface area contributed by atoms with Crippen molar-refractivity contribution in [2.75, 3.05) is 13.2 Å². The molecule has 7 nitrogen and oxygen atoms in total. The maximum absolute atomic E-state index is 13.3. The summed E-state index contributed by atoms with van der Waals surface area (Å²) in [6.45, 7) is -0.658. The molecule has 10 heteroatoms. The lowest BCUT2D eigenvalue weighted by Crippen LogP contribution is -2.70. The zero-order valence-electron chi connectivity index (χ0n) is 18.3. The molecule has 0 aromatic heterocycles. The van der Waals surface area contributed by atoms with Gasteiger partial charge in [-0.1, -0.05) is 0 Å². The van der Waals surface area contributed by atoms with Crippen LogP contribution in [0.25, 0.3) is 0 Å². The molecule has 5 rings (SSSR count). The highest BCUT2D eigenvalue weighted by molar-refractivity contribution is 5.79. The van der Waals surface area contributed by atoms with E-state index in [0.29, 0.717) is 31.4 Å². The summed E-state index contributed by atoms with van der Waals surface area (Å²) in [7, 11) is 0. The van der Waals surface area contributed by atoms with Crippen molar-refractivity contribution < 1.29 is 37.3 Å². The van der Waals surface area contributed by atoms with Crippen LogP contribution in [0, 0.1) is 17.5 Å². The summed E-state index contributed by atoms with van der Waals surface area (Å²) in [5.41, 5.74) is -1.44. The van der Waals surface area contributed by atoms with E-state index in [2.05, 4.69) is 10.6 Å². The van der Waals surface area contributed by atoms with Crippen LogP contribution in [0.5, 0.6) is 11.5 Å². The molecular weight excluding hydrogens is 453 g/mol. The second-order valence-corrected chi connectivity index (χ2v) is 8.86. The molecule has 2 bridgehead atoms. The number of aliphatic hydroxyl groups excluding tert-OH is 1. The summed E-state index contributed by atoms with van der Waals surface area (Å²) in [5.74, 6) is -2.95. The molecule has 0 saturated heterocycles. The second kappa shape index (κ2) is 9.54. The van der Waals surface area contributed by atoms with Gasteiger partial charge in [-0.3, -0.25) is 9.59 Å². The van der Waals surface area contributed by atoms with Gasteiger partial charge in [0.05, 0.1) is 11.6 Å². The predicted molar refractivity (Wildman–Crippen MR) is 115 cm³/mol. The highest BCUT2D eigenvalue weighted by Gasteiger charge is 2.55. The van der Waals surface area contributed by atoms with Crippen molar-refractivity contribution in [3.05, 3.63) is 59.9 Å². The van der Waals surface area contributed by atoms with Crippen LogP contribution in [-0.2, 0) is 9.59 Å². The number of amides is 2. The Bertz CT molecular complexity index is 1060. The average molecular weight is 478 g/mol. The normalized spacial score (nSPS) is 25.5. The predicted octanol–water partition coefficient (Wildman–Crippen LogP) is 2.61. The lowest BCUT2D eigenvalue weighted by Gasteiger charge is -2.56. The number of aliphatic hydroxyl groups is 1. The van der Waals surface area contributed by atoms with Crippen LogP contribution >= 0.6 is 0 Å². The lowest BCUT2D eigenvalue weighted by molar-refractivity contribution is -0.137. The van der Waals surface area contributed by atoms with E-state index in [0.717, 1.165) is 12.1 Å². The van der Waals surface area contributed by atoms with E-state index in [1.165, 1.54) is 30.3 Å². The van der Waals surface area contributed by atoms with Gasteiger partial charge < -0.3 is 25.2 Å². The molecule has 34 heavy (non-hydrogen) atoms. The van der Waals surface area contributed by atoms with Crippen LogP contribution in [0.4, 0.5) is 13.2 Å². The molecule has 3 aliphatic carbocycles. The fraction of sp³-hybridized carbons (Fsp3) is 0.417. The van der Waals surface area contributed by atoms with Gasteiger partial charge in [-0.2, -0.15) is 0 Å². The number of nitrogens with one attached hydrogen (secondary N) is 2. The minimum absolute atomic E-state index is 0.0176. The van der Waals surface area contributed by atoms with Gasteiger partial charge in [-0.25, -0.2) is 13.2 Å². The van der Waals surface area contributed by atoms with Crippen molar-refractivity contribution in [2.24, 2.45) is 0 Å². The zero-order valence-corrected chi connectivity index (χ0v) is 18.3. The van der Waals surface area contributed by atoms with Gasteiger partial charge in [0.15, 0.2) is 24.8 Å². The highest BCUT2D eigenvalue weighted by atomic mass is 19.2. The van der Waals surface area contributed by atoms with Gasteiger partial charge >= 0.3 is 0 Å². The van der Waals surface area contributed by atoms with E-state index in [9.17, 15) is 27.9 Å². The fourth-order valence-corrected chi connectivity index (χ4v) is 4.70. The summed E-state index contributed by atoms with van der Waals surface area (Å²) in [4.78, 5) is 24.9. The van der Waals surface area contributed by atoms with Gasteiger partial charge in [-0.05, 0) is 68.5 Å². The van der Waals surface area contributed by atoms with Gasteiger partial charge in [-0.15, -0.1) is 0 Å². The van der Waals surface area contributed by atoms with E-state index in [-0.39, 0.29) is 24.7 Å². The van der Waals surface area contributed by atoms with Gasteiger partial charge in [0.25, 0.3) is 11.8 Å². The molecule has 3 aliphatic rings. The Kier molecular flexibility index (Phi) is 6.70. The summed E-state index contributed by atoms with van der Waals surface area (Å²) in [5, 5.41) is 16.6. The van der Waals surface area contributed by atoms with Crippen LogP contribution in [0.1, 0.15) is 32.1 Å². The Labute approximate surface area is 194 Å². The first-order valence-corrected chi connectivity index (χ1v) is 11.0. The number of benzene rings is 2. The number of carbonyl (C=O) groups excluding carboxylic acids is 2. The van der Waals surface area contributed by atoms with Gasteiger partial charge in [0, 0.05) is 11.6 Å². The number of ether oxygens (including phenoxy) is 2. The molecule has 182 valence electrons. The van der Waals surface area contributed by atoms with Crippen molar-refractivity contribution >= 4 is 11.8 Å². The van der Waals surface area contributed by atoms with E-state index in [4.69, 9.17) is 9.47 Å². The Morgan fingerprint density at radius 1 is 0.853 bits per heavy atom. The van der Waals surface area contributed by atoms with E-state index < -0.39 is 47.1 Å². The first kappa shape index (κ1) is 23.9. The summed E-state index contributed by atoms with van der Waals surface area (Å²) < 4.78 is 49.9. The van der Waals surface area contributed by atoms with Gasteiger partial charge in [0.2, 0.25) is 0 Å². The molecular formula is C24H25F3N2O5. The number of rotatable bonds is 8. The smallest absolute Gasteiger partial charge is 0.258 e. The van der Waals surface area contributed by atoms with E-state index >= 15 is 0 Å². The van der Waals surface area contributed by atoms with E-state index in [1.807, 2.05) is 0 Å². The third-order valence-corrected chi connectivity index (χ3v) is 6.56. The molecule has 3 saturated carbocycles. The largest absolute Gasteiger partial charge is 0.484 e. The number of hydrogen-bond acceptors (Lipinski definition) is 5. The summed E-state index contributed by atoms with van der Waals surface area (Å²) in [6, 6.07) is 8.32. The van der Waals surface area contributed by atoms with E-state index in [1.54, 1.807) is 0 Å². The van der Waals surface area contributed by atoms with Crippen LogP contribution in [-0.4, -0.2) is 47.3 Å². The molecule has 3 N–H and O–H groups in total. The number of fused-ring (bicyclic) bond motifs is 3. The quantitative estimate of drug-likeness (QED) is 0.542. The molecule has 0 radical (unpaired) electrons. The number of carbonyl (C=O) groups is 2. The van der Waals surface area contributed by atoms with Crippen LogP contribution in [0.2, 0.25) is 0 Å². The first-order chi connectivity index (χ1) is 16.2. The van der Waals surface area contributed by atoms with Crippen molar-refractivity contribution in [1.29, 1.82) is 0 Å². The third-order valence-electron chi connectivity index (χ3n) is 6.56. The van der Waals surface area contributed by atoms with Crippen molar-refractivity contribution in [3.8, 4) is 11.5 Å². The second-order valence-electron chi connectivity index (χ2n) is 8.86. The standard InChI is InChI=1S/C24H25F3N2O5/c25-15-1-3-16(4-2-15)33-13-21(31)28-23-7-9-24(10-8-23,20(30)12-23)29-22(32)14-34-17-5-6-18(26)19(27)11-17/h1-6,11,20,30H,7-10,12-14H2,(H,28,31)(H,29,32)/t20-,23?,24?/m0/s1. The van der Waals surface area contributed by atoms with Crippen LogP contribution in [0.15, 0.2) is 42.5 Å². The molecule has 1 atom stereocenters.